The molecule has 0 saturated carbocycles. The molecule has 45 heavy (non-hydrogen) atoms. The molecular formula is C33H64O12. The maximum Gasteiger partial charge on any atom is 0.322 e. The molecule has 1 unspecified atom stereocenters. The molecule has 2 fully saturated rings. The van der Waals surface area contributed by atoms with Crippen LogP contribution >= 0.6 is 0 Å². The van der Waals surface area contributed by atoms with Crippen LogP contribution in [0.1, 0.15) is 84.5 Å². The Labute approximate surface area is 272 Å². The van der Waals surface area contributed by atoms with Gasteiger partial charge in [-0.15, -0.1) is 0 Å². The van der Waals surface area contributed by atoms with Crippen LogP contribution in [0.2, 0.25) is 0 Å². The van der Waals surface area contributed by atoms with Gasteiger partial charge in [-0.25, -0.2) is 0 Å². The lowest BCUT2D eigenvalue weighted by Crippen LogP contribution is -2.37. The fourth-order valence-corrected chi connectivity index (χ4v) is 4.25. The highest BCUT2D eigenvalue weighted by atomic mass is 16.6. The molecule has 2 aliphatic rings. The van der Waals surface area contributed by atoms with E-state index in [4.69, 9.17) is 37.9 Å². The molecule has 1 atom stereocenters. The second-order valence-electron chi connectivity index (χ2n) is 11.0. The zero-order valence-corrected chi connectivity index (χ0v) is 28.5. The van der Waals surface area contributed by atoms with E-state index in [1.165, 1.54) is 59.0 Å². The topological polar surface area (TPSA) is 137 Å². The molecule has 0 aromatic heterocycles. The lowest BCUT2D eigenvalue weighted by molar-refractivity contribution is -0.166. The van der Waals surface area contributed by atoms with Crippen molar-refractivity contribution in [2.24, 2.45) is 5.41 Å². The highest BCUT2D eigenvalue weighted by Gasteiger charge is 2.41. The molecular weight excluding hydrogens is 588 g/mol. The summed E-state index contributed by atoms with van der Waals surface area (Å²) >= 11 is 0. The maximum absolute atomic E-state index is 11.6. The van der Waals surface area contributed by atoms with Crippen LogP contribution in [0.15, 0.2) is 0 Å². The Hall–Kier alpha value is -1.38. The van der Waals surface area contributed by atoms with E-state index in [2.05, 4.69) is 11.7 Å². The second kappa shape index (κ2) is 34.0. The summed E-state index contributed by atoms with van der Waals surface area (Å²) in [6, 6.07) is 0. The lowest BCUT2D eigenvalue weighted by Gasteiger charge is -2.21. The van der Waals surface area contributed by atoms with Gasteiger partial charge < -0.3 is 47.7 Å². The Morgan fingerprint density at radius 2 is 0.756 bits per heavy atom. The predicted octanol–water partition coefficient (Wildman–Crippen LogP) is 4.69. The number of unbranched alkanes of at least 4 members (excludes halogenated alkanes) is 9. The average molecular weight is 653 g/mol. The first-order valence-electron chi connectivity index (χ1n) is 16.9. The zero-order valence-electron chi connectivity index (χ0n) is 28.5. The molecule has 2 rings (SSSR count). The van der Waals surface area contributed by atoms with Crippen molar-refractivity contribution >= 4 is 11.9 Å². The summed E-state index contributed by atoms with van der Waals surface area (Å²) in [7, 11) is 1.24. The third-order valence-electron chi connectivity index (χ3n) is 7.11. The van der Waals surface area contributed by atoms with Crippen LogP contribution in [0.25, 0.3) is 0 Å². The first-order valence-corrected chi connectivity index (χ1v) is 16.9. The zero-order chi connectivity index (χ0) is 33.1. The van der Waals surface area contributed by atoms with Crippen LogP contribution in [0.4, 0.5) is 0 Å². The molecule has 12 nitrogen and oxygen atoms in total. The van der Waals surface area contributed by atoms with Gasteiger partial charge in [-0.3, -0.25) is 9.59 Å². The van der Waals surface area contributed by atoms with E-state index in [0.29, 0.717) is 112 Å². The van der Waals surface area contributed by atoms with Gasteiger partial charge >= 0.3 is 11.9 Å². The van der Waals surface area contributed by atoms with E-state index in [1.54, 1.807) is 0 Å². The number of carbonyl (C=O) groups excluding carboxylic acids is 1. The molecule has 268 valence electrons. The Bertz CT molecular complexity index is 541. The van der Waals surface area contributed by atoms with Crippen LogP contribution in [0.5, 0.6) is 0 Å². The summed E-state index contributed by atoms with van der Waals surface area (Å²) in [6.45, 7) is 14.0. The third kappa shape index (κ3) is 28.6. The minimum atomic E-state index is -1.39. The van der Waals surface area contributed by atoms with Crippen molar-refractivity contribution in [1.82, 2.24) is 0 Å². The van der Waals surface area contributed by atoms with Crippen LogP contribution in [0, 0.1) is 5.41 Å². The number of rotatable bonds is 13. The van der Waals surface area contributed by atoms with E-state index < -0.39 is 17.4 Å². The van der Waals surface area contributed by atoms with Gasteiger partial charge in [0.1, 0.15) is 0 Å². The largest absolute Gasteiger partial charge is 0.480 e. The number of hydrogen-bond donors (Lipinski definition) is 1. The number of carboxylic acid groups (broad SMARTS) is 1. The SMILES string of the molecule is C1COCCOCCOCCO1.C1COCCOCCOCCO1.CCCCCCCCCCCCC(C)(C(=O)O)C(=O)OC. The quantitative estimate of drug-likeness (QED) is 0.168. The Morgan fingerprint density at radius 1 is 0.511 bits per heavy atom. The molecule has 0 aromatic carbocycles. The number of esters is 1. The van der Waals surface area contributed by atoms with Gasteiger partial charge in [0.15, 0.2) is 5.41 Å². The molecule has 12 heteroatoms. The van der Waals surface area contributed by atoms with Crippen LogP contribution < -0.4 is 0 Å². The summed E-state index contributed by atoms with van der Waals surface area (Å²) in [4.78, 5) is 22.8. The number of methoxy groups -OCH3 is 1. The predicted molar refractivity (Wildman–Crippen MR) is 171 cm³/mol. The van der Waals surface area contributed by atoms with Crippen molar-refractivity contribution in [3.05, 3.63) is 0 Å². The third-order valence-corrected chi connectivity index (χ3v) is 7.11. The average Bonchev–Trinajstić information content (AvgIpc) is 3.02. The number of ether oxygens (including phenoxy) is 9. The fourth-order valence-electron chi connectivity index (χ4n) is 4.25. The van der Waals surface area contributed by atoms with E-state index >= 15 is 0 Å². The van der Waals surface area contributed by atoms with Gasteiger partial charge in [-0.05, 0) is 13.3 Å². The molecule has 2 saturated heterocycles. The second-order valence-corrected chi connectivity index (χ2v) is 11.0. The first kappa shape index (κ1) is 43.6. The van der Waals surface area contributed by atoms with Crippen molar-refractivity contribution in [2.45, 2.75) is 84.5 Å². The number of aliphatic carboxylic acids is 1. The molecule has 0 amide bonds. The highest BCUT2D eigenvalue weighted by Crippen LogP contribution is 2.27. The molecule has 2 heterocycles. The number of carboxylic acids is 1. The summed E-state index contributed by atoms with van der Waals surface area (Å²) in [5, 5.41) is 9.18. The lowest BCUT2D eigenvalue weighted by atomic mass is 9.84. The van der Waals surface area contributed by atoms with E-state index in [1.807, 2.05) is 0 Å². The maximum atomic E-state index is 11.6. The van der Waals surface area contributed by atoms with Gasteiger partial charge in [0.2, 0.25) is 0 Å². The molecule has 0 radical (unpaired) electrons. The van der Waals surface area contributed by atoms with Crippen molar-refractivity contribution in [3.8, 4) is 0 Å². The summed E-state index contributed by atoms with van der Waals surface area (Å²) in [5.41, 5.74) is -1.39. The van der Waals surface area contributed by atoms with E-state index in [9.17, 15) is 14.7 Å². The number of carbonyl (C=O) groups is 2. The normalized spacial score (nSPS) is 19.2. The molecule has 1 N–H and O–H groups in total. The monoisotopic (exact) mass is 652 g/mol. The molecule has 0 aromatic rings. The standard InChI is InChI=1S/C17H32O4.2C8H16O4/c1-4-5-6-7-8-9-10-11-12-13-14-17(2,15(18)19)16(20)21-3;2*1-2-10-5-6-12-8-7-11-4-3-9-1/h4-14H2,1-3H3,(H,18,19);2*1-8H2. The molecule has 2 aliphatic heterocycles. The minimum absolute atomic E-state index is 0.353. The van der Waals surface area contributed by atoms with Crippen LogP contribution in [-0.4, -0.2) is 130 Å². The van der Waals surface area contributed by atoms with Gasteiger partial charge in [0.25, 0.3) is 0 Å². The summed E-state index contributed by atoms with van der Waals surface area (Å²) in [5.74, 6) is -1.74. The molecule has 0 bridgehead atoms. The summed E-state index contributed by atoms with van der Waals surface area (Å²) in [6.07, 6.45) is 12.3. The van der Waals surface area contributed by atoms with Crippen molar-refractivity contribution in [2.75, 3.05) is 113 Å². The van der Waals surface area contributed by atoms with Gasteiger partial charge in [-0.2, -0.15) is 0 Å². The molecule has 0 spiro atoms. The van der Waals surface area contributed by atoms with Crippen LogP contribution in [0.3, 0.4) is 0 Å². The van der Waals surface area contributed by atoms with Crippen molar-refractivity contribution in [1.29, 1.82) is 0 Å². The highest BCUT2D eigenvalue weighted by molar-refractivity contribution is 5.98. The van der Waals surface area contributed by atoms with Crippen LogP contribution in [-0.2, 0) is 52.2 Å². The van der Waals surface area contributed by atoms with E-state index in [0.717, 1.165) is 19.3 Å². The molecule has 0 aliphatic carbocycles. The number of hydrogen-bond acceptors (Lipinski definition) is 11. The van der Waals surface area contributed by atoms with Crippen molar-refractivity contribution in [3.63, 3.8) is 0 Å². The Balaban J connectivity index is 0.000000687. The Morgan fingerprint density at radius 3 is 0.978 bits per heavy atom. The minimum Gasteiger partial charge on any atom is -0.480 e. The first-order chi connectivity index (χ1) is 22.0. The smallest absolute Gasteiger partial charge is 0.322 e. The van der Waals surface area contributed by atoms with E-state index in [-0.39, 0.29) is 0 Å². The van der Waals surface area contributed by atoms with Gasteiger partial charge in [0, 0.05) is 0 Å². The Kier molecular flexibility index (Phi) is 32.9. The van der Waals surface area contributed by atoms with Gasteiger partial charge in [-0.1, -0.05) is 71.1 Å². The van der Waals surface area contributed by atoms with Crippen molar-refractivity contribution < 1.29 is 57.3 Å². The fraction of sp³-hybridized carbons (Fsp3) is 0.939. The summed E-state index contributed by atoms with van der Waals surface area (Å²) < 4.78 is 46.3. The van der Waals surface area contributed by atoms with Gasteiger partial charge in [0.05, 0.1) is 113 Å².